The van der Waals surface area contributed by atoms with Gasteiger partial charge in [0.1, 0.15) is 5.75 Å². The second-order valence-corrected chi connectivity index (χ2v) is 6.18. The number of hydrogen-bond acceptors (Lipinski definition) is 5. The topological polar surface area (TPSA) is 74.2 Å². The fourth-order valence-corrected chi connectivity index (χ4v) is 2.76. The molecule has 1 saturated carbocycles. The quantitative estimate of drug-likeness (QED) is 0.927. The van der Waals surface area contributed by atoms with Crippen molar-refractivity contribution >= 4 is 15.9 Å². The number of rotatable bonds is 4. The number of ether oxygens (including phenoxy) is 1. The molecule has 0 spiro atoms. The lowest BCUT2D eigenvalue weighted by atomic mass is 9.97. The van der Waals surface area contributed by atoms with Gasteiger partial charge in [0.2, 0.25) is 11.7 Å². The zero-order valence-corrected chi connectivity index (χ0v) is 13.0. The van der Waals surface area contributed by atoms with Crippen LogP contribution >= 0.6 is 15.9 Å². The van der Waals surface area contributed by atoms with Crippen LogP contribution in [0.5, 0.6) is 5.75 Å². The van der Waals surface area contributed by atoms with Crippen LogP contribution < -0.4 is 10.5 Å². The molecule has 5 nitrogen and oxygen atoms in total. The summed E-state index contributed by atoms with van der Waals surface area (Å²) in [4.78, 5) is 4.45. The van der Waals surface area contributed by atoms with Crippen molar-refractivity contribution in [3.8, 4) is 17.1 Å². The van der Waals surface area contributed by atoms with Crippen molar-refractivity contribution < 1.29 is 9.26 Å². The second kappa shape index (κ2) is 4.86. The molecule has 0 aliphatic heterocycles. The molecule has 0 saturated heterocycles. The zero-order chi connectivity index (χ0) is 14.3. The van der Waals surface area contributed by atoms with Gasteiger partial charge in [-0.25, -0.2) is 0 Å². The molecule has 1 unspecified atom stereocenters. The Hall–Kier alpha value is -1.40. The first-order chi connectivity index (χ1) is 9.52. The van der Waals surface area contributed by atoms with E-state index in [-0.39, 0.29) is 0 Å². The summed E-state index contributed by atoms with van der Waals surface area (Å²) >= 11 is 3.45. The van der Waals surface area contributed by atoms with E-state index in [4.69, 9.17) is 15.0 Å². The lowest BCUT2D eigenvalue weighted by molar-refractivity contribution is 0.273. The number of halogens is 1. The van der Waals surface area contributed by atoms with Gasteiger partial charge in [-0.15, -0.1) is 0 Å². The monoisotopic (exact) mass is 337 g/mol. The highest BCUT2D eigenvalue weighted by Gasteiger charge is 2.43. The number of nitrogens with two attached hydrogens (primary N) is 1. The van der Waals surface area contributed by atoms with E-state index >= 15 is 0 Å². The molecule has 1 atom stereocenters. The van der Waals surface area contributed by atoms with Crippen molar-refractivity contribution in [1.29, 1.82) is 0 Å². The van der Waals surface area contributed by atoms with Crippen molar-refractivity contribution in [2.24, 2.45) is 11.7 Å². The Bertz CT molecular complexity index is 635. The first-order valence-electron chi connectivity index (χ1n) is 6.49. The molecule has 1 aromatic carbocycles. The minimum absolute atomic E-state index is 0.443. The average Bonchev–Trinajstić information content (AvgIpc) is 3.16. The van der Waals surface area contributed by atoms with Gasteiger partial charge in [0.15, 0.2) is 0 Å². The van der Waals surface area contributed by atoms with Crippen LogP contribution in [0.15, 0.2) is 27.2 Å². The maximum absolute atomic E-state index is 6.28. The predicted octanol–water partition coefficient (Wildman–Crippen LogP) is 3.09. The molecule has 1 heterocycles. The third-order valence-corrected chi connectivity index (χ3v) is 4.34. The van der Waals surface area contributed by atoms with Gasteiger partial charge in [0, 0.05) is 5.56 Å². The number of methoxy groups -OCH3 is 1. The maximum Gasteiger partial charge on any atom is 0.247 e. The summed E-state index contributed by atoms with van der Waals surface area (Å²) in [7, 11) is 1.63. The van der Waals surface area contributed by atoms with Gasteiger partial charge in [-0.3, -0.25) is 0 Å². The summed E-state index contributed by atoms with van der Waals surface area (Å²) in [6, 6.07) is 5.65. The summed E-state index contributed by atoms with van der Waals surface area (Å²) in [6.07, 6.45) is 2.25. The minimum atomic E-state index is -0.533. The fraction of sp³-hybridized carbons (Fsp3) is 0.429. The SMILES string of the molecule is COc1ccc(-c2noc(C(C)(N)C3CC3)n2)cc1Br. The molecule has 3 rings (SSSR count). The highest BCUT2D eigenvalue weighted by atomic mass is 79.9. The molecule has 1 aliphatic rings. The molecule has 2 aromatic rings. The highest BCUT2D eigenvalue weighted by molar-refractivity contribution is 9.10. The normalized spacial score (nSPS) is 17.8. The average molecular weight is 338 g/mol. The third-order valence-electron chi connectivity index (χ3n) is 3.72. The Kier molecular flexibility index (Phi) is 3.30. The van der Waals surface area contributed by atoms with Crippen LogP contribution in [-0.2, 0) is 5.54 Å². The standard InChI is InChI=1S/C14H16BrN3O2/c1-14(16,9-4-5-9)13-17-12(18-20-13)8-3-6-11(19-2)10(15)7-8/h3,6-7,9H,4-5,16H2,1-2H3. The molecule has 0 radical (unpaired) electrons. The van der Waals surface area contributed by atoms with Crippen molar-refractivity contribution in [3.05, 3.63) is 28.6 Å². The first-order valence-corrected chi connectivity index (χ1v) is 7.28. The lowest BCUT2D eigenvalue weighted by Gasteiger charge is -2.18. The Balaban J connectivity index is 1.92. The van der Waals surface area contributed by atoms with Crippen molar-refractivity contribution in [1.82, 2.24) is 10.1 Å². The summed E-state index contributed by atoms with van der Waals surface area (Å²) in [5.74, 6) is 2.25. The van der Waals surface area contributed by atoms with Gasteiger partial charge >= 0.3 is 0 Å². The fourth-order valence-electron chi connectivity index (χ4n) is 2.22. The smallest absolute Gasteiger partial charge is 0.247 e. The predicted molar refractivity (Wildman–Crippen MR) is 78.2 cm³/mol. The largest absolute Gasteiger partial charge is 0.496 e. The molecule has 1 aliphatic carbocycles. The number of benzene rings is 1. The molecule has 106 valence electrons. The van der Waals surface area contributed by atoms with Crippen LogP contribution in [0.3, 0.4) is 0 Å². The minimum Gasteiger partial charge on any atom is -0.496 e. The van der Waals surface area contributed by atoms with E-state index in [2.05, 4.69) is 26.1 Å². The number of aromatic nitrogens is 2. The Morgan fingerprint density at radius 3 is 2.80 bits per heavy atom. The number of nitrogens with zero attached hydrogens (tertiary/aromatic N) is 2. The molecule has 0 amide bonds. The van der Waals surface area contributed by atoms with Crippen LogP contribution in [0.2, 0.25) is 0 Å². The van der Waals surface area contributed by atoms with Gasteiger partial charge < -0.3 is 15.0 Å². The Labute approximate surface area is 125 Å². The second-order valence-electron chi connectivity index (χ2n) is 5.33. The van der Waals surface area contributed by atoms with E-state index in [1.165, 1.54) is 0 Å². The molecule has 0 bridgehead atoms. The van der Waals surface area contributed by atoms with Crippen LogP contribution in [0.1, 0.15) is 25.7 Å². The van der Waals surface area contributed by atoms with E-state index in [9.17, 15) is 0 Å². The zero-order valence-electron chi connectivity index (χ0n) is 11.4. The molecule has 20 heavy (non-hydrogen) atoms. The van der Waals surface area contributed by atoms with Crippen LogP contribution in [0.25, 0.3) is 11.4 Å². The van der Waals surface area contributed by atoms with E-state index in [1.54, 1.807) is 7.11 Å². The van der Waals surface area contributed by atoms with Crippen molar-refractivity contribution in [2.45, 2.75) is 25.3 Å². The molecule has 6 heteroatoms. The summed E-state index contributed by atoms with van der Waals surface area (Å²) < 4.78 is 11.4. The van der Waals surface area contributed by atoms with Crippen molar-refractivity contribution in [3.63, 3.8) is 0 Å². The molecular weight excluding hydrogens is 322 g/mol. The molecule has 1 aromatic heterocycles. The van der Waals surface area contributed by atoms with Crippen LogP contribution in [0.4, 0.5) is 0 Å². The van der Waals surface area contributed by atoms with Gasteiger partial charge in [-0.05, 0) is 59.8 Å². The summed E-state index contributed by atoms with van der Waals surface area (Å²) in [5.41, 5.74) is 6.61. The van der Waals surface area contributed by atoms with Gasteiger partial charge in [-0.2, -0.15) is 4.98 Å². The van der Waals surface area contributed by atoms with E-state index < -0.39 is 5.54 Å². The van der Waals surface area contributed by atoms with Gasteiger partial charge in [0.25, 0.3) is 0 Å². The maximum atomic E-state index is 6.28. The van der Waals surface area contributed by atoms with Crippen LogP contribution in [0, 0.1) is 5.92 Å². The summed E-state index contributed by atoms with van der Waals surface area (Å²) in [5, 5.41) is 4.03. The third kappa shape index (κ3) is 2.33. The van der Waals surface area contributed by atoms with Gasteiger partial charge in [-0.1, -0.05) is 5.16 Å². The first kappa shape index (κ1) is 13.6. The highest BCUT2D eigenvalue weighted by Crippen LogP contribution is 2.43. The van der Waals surface area contributed by atoms with Gasteiger partial charge in [0.05, 0.1) is 17.1 Å². The number of hydrogen-bond donors (Lipinski definition) is 1. The van der Waals surface area contributed by atoms with E-state index in [0.29, 0.717) is 17.6 Å². The van der Waals surface area contributed by atoms with Crippen molar-refractivity contribution in [2.75, 3.05) is 7.11 Å². The Morgan fingerprint density at radius 2 is 2.20 bits per heavy atom. The Morgan fingerprint density at radius 1 is 1.45 bits per heavy atom. The summed E-state index contributed by atoms with van der Waals surface area (Å²) in [6.45, 7) is 1.95. The lowest BCUT2D eigenvalue weighted by Crippen LogP contribution is -2.35. The van der Waals surface area contributed by atoms with E-state index in [0.717, 1.165) is 28.6 Å². The molecule has 2 N–H and O–H groups in total. The van der Waals surface area contributed by atoms with Crippen LogP contribution in [-0.4, -0.2) is 17.3 Å². The molecular formula is C14H16BrN3O2. The molecule has 1 fully saturated rings. The van der Waals surface area contributed by atoms with E-state index in [1.807, 2.05) is 25.1 Å².